The van der Waals surface area contributed by atoms with Gasteiger partial charge in [0.05, 0.1) is 0 Å². The van der Waals surface area contributed by atoms with Crippen LogP contribution in [0.1, 0.15) is 6.92 Å². The highest BCUT2D eigenvalue weighted by molar-refractivity contribution is 5.63. The van der Waals surface area contributed by atoms with E-state index in [1.807, 2.05) is 23.6 Å². The lowest BCUT2D eigenvalue weighted by molar-refractivity contribution is 0.628. The molecule has 0 saturated carbocycles. The normalized spacial score (nSPS) is 10.5. The predicted octanol–water partition coefficient (Wildman–Crippen LogP) is 2.90. The number of benzene rings is 1. The van der Waals surface area contributed by atoms with Crippen molar-refractivity contribution < 1.29 is 4.39 Å². The Bertz CT molecular complexity index is 457. The molecule has 0 unspecified atom stereocenters. The molecule has 1 aromatic carbocycles. The van der Waals surface area contributed by atoms with Crippen LogP contribution in [0.4, 0.5) is 10.2 Å². The van der Waals surface area contributed by atoms with E-state index in [0.29, 0.717) is 0 Å². The number of nitrogen functional groups attached to an aromatic ring is 1. The lowest BCUT2D eigenvalue weighted by atomic mass is 10.1. The first-order chi connectivity index (χ1) is 7.22. The molecule has 2 N–H and O–H groups in total. The lowest BCUT2D eigenvalue weighted by Gasteiger charge is -2.08. The van der Waals surface area contributed by atoms with Gasteiger partial charge in [-0.2, -0.15) is 0 Å². The van der Waals surface area contributed by atoms with E-state index in [2.05, 4.69) is 0 Å². The summed E-state index contributed by atoms with van der Waals surface area (Å²) in [5.41, 5.74) is 7.81. The van der Waals surface area contributed by atoms with Crippen LogP contribution >= 0.6 is 0 Å². The van der Waals surface area contributed by atoms with Crippen LogP contribution in [0.25, 0.3) is 11.3 Å². The van der Waals surface area contributed by atoms with E-state index in [0.717, 1.165) is 23.6 Å². The summed E-state index contributed by atoms with van der Waals surface area (Å²) in [5.74, 6) is 0.512. The summed E-state index contributed by atoms with van der Waals surface area (Å²) in [4.78, 5) is 0. The highest BCUT2D eigenvalue weighted by atomic mass is 19.1. The minimum Gasteiger partial charge on any atom is -0.385 e. The Labute approximate surface area is 88.1 Å². The Morgan fingerprint density at radius 2 is 1.80 bits per heavy atom. The van der Waals surface area contributed by atoms with Crippen molar-refractivity contribution in [1.29, 1.82) is 0 Å². The van der Waals surface area contributed by atoms with Crippen molar-refractivity contribution in [3.05, 3.63) is 42.2 Å². The number of hydrogen-bond acceptors (Lipinski definition) is 1. The van der Waals surface area contributed by atoms with Crippen LogP contribution in [0.15, 0.2) is 36.4 Å². The first-order valence-electron chi connectivity index (χ1n) is 4.93. The van der Waals surface area contributed by atoms with Crippen LogP contribution < -0.4 is 5.73 Å². The van der Waals surface area contributed by atoms with Gasteiger partial charge in [0.25, 0.3) is 0 Å². The number of aromatic nitrogens is 1. The predicted molar refractivity (Wildman–Crippen MR) is 59.9 cm³/mol. The van der Waals surface area contributed by atoms with Crippen LogP contribution in [-0.4, -0.2) is 4.57 Å². The molecule has 0 amide bonds. The topological polar surface area (TPSA) is 30.9 Å². The molecular weight excluding hydrogens is 191 g/mol. The van der Waals surface area contributed by atoms with E-state index in [1.165, 1.54) is 12.1 Å². The Kier molecular flexibility index (Phi) is 2.46. The third-order valence-corrected chi connectivity index (χ3v) is 2.47. The standard InChI is InChI=1S/C12H13FN2/c1-2-15-11(7-8-12(15)14)9-3-5-10(13)6-4-9/h3-8H,2,14H2,1H3. The molecule has 3 heteroatoms. The minimum absolute atomic E-state index is 0.221. The van der Waals surface area contributed by atoms with Gasteiger partial charge in [0.2, 0.25) is 0 Å². The first-order valence-corrected chi connectivity index (χ1v) is 4.93. The van der Waals surface area contributed by atoms with Crippen LogP contribution in [-0.2, 0) is 6.54 Å². The molecule has 2 rings (SSSR count). The van der Waals surface area contributed by atoms with E-state index in [9.17, 15) is 4.39 Å². The molecule has 0 bridgehead atoms. The Morgan fingerprint density at radius 3 is 2.40 bits per heavy atom. The van der Waals surface area contributed by atoms with Gasteiger partial charge in [-0.1, -0.05) is 0 Å². The molecule has 0 radical (unpaired) electrons. The molecule has 0 aliphatic heterocycles. The molecule has 2 aromatic rings. The molecule has 1 aromatic heterocycles. The van der Waals surface area contributed by atoms with Gasteiger partial charge >= 0.3 is 0 Å². The molecule has 78 valence electrons. The van der Waals surface area contributed by atoms with Crippen molar-refractivity contribution >= 4 is 5.82 Å². The molecule has 1 heterocycles. The van der Waals surface area contributed by atoms with Crippen molar-refractivity contribution in [1.82, 2.24) is 4.57 Å². The molecule has 0 aliphatic carbocycles. The average molecular weight is 204 g/mol. The fraction of sp³-hybridized carbons (Fsp3) is 0.167. The van der Waals surface area contributed by atoms with Crippen molar-refractivity contribution in [2.24, 2.45) is 0 Å². The number of nitrogens with two attached hydrogens (primary N) is 1. The highest BCUT2D eigenvalue weighted by Crippen LogP contribution is 2.23. The molecule has 0 fully saturated rings. The van der Waals surface area contributed by atoms with Crippen LogP contribution in [0.2, 0.25) is 0 Å². The van der Waals surface area contributed by atoms with Crippen molar-refractivity contribution in [3.8, 4) is 11.3 Å². The van der Waals surface area contributed by atoms with Gasteiger partial charge in [-0.05, 0) is 48.9 Å². The number of hydrogen-bond donors (Lipinski definition) is 1. The van der Waals surface area contributed by atoms with Crippen LogP contribution in [0, 0.1) is 5.82 Å². The molecule has 0 aliphatic rings. The van der Waals surface area contributed by atoms with Gasteiger partial charge in [0.15, 0.2) is 0 Å². The molecule has 15 heavy (non-hydrogen) atoms. The maximum absolute atomic E-state index is 12.8. The fourth-order valence-corrected chi connectivity index (χ4v) is 1.71. The summed E-state index contributed by atoms with van der Waals surface area (Å²) in [6.07, 6.45) is 0. The average Bonchev–Trinajstić information content (AvgIpc) is 2.61. The van der Waals surface area contributed by atoms with Gasteiger partial charge in [-0.25, -0.2) is 4.39 Å². The van der Waals surface area contributed by atoms with E-state index in [4.69, 9.17) is 5.73 Å². The van der Waals surface area contributed by atoms with Crippen LogP contribution in [0.3, 0.4) is 0 Å². The monoisotopic (exact) mass is 204 g/mol. The summed E-state index contributed by atoms with van der Waals surface area (Å²) in [6.45, 7) is 2.84. The van der Waals surface area contributed by atoms with Crippen molar-refractivity contribution in [2.45, 2.75) is 13.5 Å². The number of halogens is 1. The van der Waals surface area contributed by atoms with Crippen molar-refractivity contribution in [2.75, 3.05) is 5.73 Å². The van der Waals surface area contributed by atoms with Gasteiger partial charge < -0.3 is 10.3 Å². The molecule has 0 atom stereocenters. The summed E-state index contributed by atoms with van der Waals surface area (Å²) in [7, 11) is 0. The van der Waals surface area contributed by atoms with E-state index in [-0.39, 0.29) is 5.82 Å². The number of rotatable bonds is 2. The third kappa shape index (κ3) is 1.73. The molecular formula is C12H13FN2. The summed E-state index contributed by atoms with van der Waals surface area (Å²) in [5, 5.41) is 0. The zero-order chi connectivity index (χ0) is 10.8. The van der Waals surface area contributed by atoms with E-state index < -0.39 is 0 Å². The molecule has 0 spiro atoms. The maximum Gasteiger partial charge on any atom is 0.123 e. The Hall–Kier alpha value is -1.77. The summed E-state index contributed by atoms with van der Waals surface area (Å²) in [6, 6.07) is 10.2. The lowest BCUT2D eigenvalue weighted by Crippen LogP contribution is -2.01. The largest absolute Gasteiger partial charge is 0.385 e. The number of nitrogens with zero attached hydrogens (tertiary/aromatic N) is 1. The second-order valence-electron chi connectivity index (χ2n) is 3.39. The minimum atomic E-state index is -0.221. The van der Waals surface area contributed by atoms with Crippen molar-refractivity contribution in [3.63, 3.8) is 0 Å². The fourth-order valence-electron chi connectivity index (χ4n) is 1.71. The third-order valence-electron chi connectivity index (χ3n) is 2.47. The Morgan fingerprint density at radius 1 is 1.13 bits per heavy atom. The van der Waals surface area contributed by atoms with E-state index >= 15 is 0 Å². The maximum atomic E-state index is 12.8. The number of anilines is 1. The van der Waals surface area contributed by atoms with Gasteiger partial charge in [0, 0.05) is 12.2 Å². The summed E-state index contributed by atoms with van der Waals surface area (Å²) >= 11 is 0. The van der Waals surface area contributed by atoms with Crippen LogP contribution in [0.5, 0.6) is 0 Å². The zero-order valence-electron chi connectivity index (χ0n) is 8.57. The zero-order valence-corrected chi connectivity index (χ0v) is 8.57. The highest BCUT2D eigenvalue weighted by Gasteiger charge is 2.05. The van der Waals surface area contributed by atoms with Gasteiger partial charge in [0.1, 0.15) is 11.6 Å². The molecule has 0 saturated heterocycles. The van der Waals surface area contributed by atoms with Gasteiger partial charge in [-0.3, -0.25) is 0 Å². The van der Waals surface area contributed by atoms with Gasteiger partial charge in [-0.15, -0.1) is 0 Å². The smallest absolute Gasteiger partial charge is 0.123 e. The first kappa shape index (κ1) is 9.77. The SMILES string of the molecule is CCn1c(N)ccc1-c1ccc(F)cc1. The second-order valence-corrected chi connectivity index (χ2v) is 3.39. The Balaban J connectivity index is 2.49. The molecule has 2 nitrogen and oxygen atoms in total. The second kappa shape index (κ2) is 3.77. The summed E-state index contributed by atoms with van der Waals surface area (Å²) < 4.78 is 14.8. The quantitative estimate of drug-likeness (QED) is 0.801. The van der Waals surface area contributed by atoms with E-state index in [1.54, 1.807) is 12.1 Å².